The number of anilines is 1. The number of hydrogen-bond acceptors (Lipinski definition) is 5. The number of hydrogen-bond donors (Lipinski definition) is 3. The van der Waals surface area contributed by atoms with Gasteiger partial charge in [0.25, 0.3) is 0 Å². The molecule has 0 heterocycles. The molecule has 0 unspecified atom stereocenters. The smallest absolute Gasteiger partial charge is 0.151 e. The number of methoxy groups -OCH3 is 1. The zero-order valence-electron chi connectivity index (χ0n) is 10.0. The van der Waals surface area contributed by atoms with Crippen molar-refractivity contribution in [2.75, 3.05) is 12.8 Å². The van der Waals surface area contributed by atoms with Gasteiger partial charge in [0.05, 0.1) is 18.5 Å². The molecule has 0 spiro atoms. The van der Waals surface area contributed by atoms with Crippen molar-refractivity contribution in [3.8, 4) is 5.75 Å². The molecule has 0 atom stereocenters. The van der Waals surface area contributed by atoms with E-state index in [2.05, 4.69) is 26.5 Å². The lowest BCUT2D eigenvalue weighted by atomic mass is 10.1. The fourth-order valence-corrected chi connectivity index (χ4v) is 1.82. The van der Waals surface area contributed by atoms with E-state index < -0.39 is 0 Å². The molecule has 6 heteroatoms. The molecule has 1 aromatic carbocycles. The Balaban J connectivity index is 2.21. The van der Waals surface area contributed by atoms with Gasteiger partial charge < -0.3 is 15.9 Å². The predicted octanol–water partition coefficient (Wildman–Crippen LogP) is 2.11. The van der Waals surface area contributed by atoms with Gasteiger partial charge in [-0.1, -0.05) is 6.07 Å². The van der Waals surface area contributed by atoms with Crippen molar-refractivity contribution in [3.05, 3.63) is 23.8 Å². The quantitative estimate of drug-likeness (QED) is 0.442. The zero-order chi connectivity index (χ0) is 13.1. The number of nitrogens with zero attached hydrogens (tertiary/aromatic N) is 1. The molecule has 2 rings (SSSR count). The minimum Gasteiger partial charge on any atom is -0.494 e. The van der Waals surface area contributed by atoms with E-state index in [1.807, 2.05) is 0 Å². The molecule has 5 nitrogen and oxygen atoms in total. The maximum absolute atomic E-state index is 8.09. The first-order valence-corrected chi connectivity index (χ1v) is 6.43. The Labute approximate surface area is 114 Å². The summed E-state index contributed by atoms with van der Waals surface area (Å²) in [6.45, 7) is 0. The van der Waals surface area contributed by atoms with Crippen molar-refractivity contribution in [1.29, 1.82) is 5.41 Å². The summed E-state index contributed by atoms with van der Waals surface area (Å²) in [7, 11) is 1.54. The van der Waals surface area contributed by atoms with Gasteiger partial charge in [-0.15, -0.1) is 0 Å². The molecule has 1 aliphatic rings. The van der Waals surface area contributed by atoms with Crippen LogP contribution in [0, 0.1) is 5.41 Å². The molecular formula is C12H15BrN4O. The molecule has 1 fully saturated rings. The minimum atomic E-state index is 0.243. The molecule has 4 N–H and O–H groups in total. The van der Waals surface area contributed by atoms with Gasteiger partial charge in [-0.25, -0.2) is 0 Å². The largest absolute Gasteiger partial charge is 0.494 e. The molecule has 0 aliphatic heterocycles. The Kier molecular flexibility index (Phi) is 3.86. The monoisotopic (exact) mass is 310 g/mol. The highest BCUT2D eigenvalue weighted by Gasteiger charge is 2.21. The number of hydrazone groups is 1. The Morgan fingerprint density at radius 2 is 2.28 bits per heavy atom. The van der Waals surface area contributed by atoms with E-state index in [9.17, 15) is 0 Å². The van der Waals surface area contributed by atoms with E-state index in [4.69, 9.17) is 15.9 Å². The predicted molar refractivity (Wildman–Crippen MR) is 76.8 cm³/mol. The molecular weight excluding hydrogens is 296 g/mol. The van der Waals surface area contributed by atoms with Crippen molar-refractivity contribution < 1.29 is 4.74 Å². The zero-order valence-corrected chi connectivity index (χ0v) is 11.6. The second kappa shape index (κ2) is 5.39. The highest BCUT2D eigenvalue weighted by atomic mass is 79.9. The molecule has 0 amide bonds. The maximum atomic E-state index is 8.09. The first-order chi connectivity index (χ1) is 8.63. The standard InChI is InChI=1S/C12H15BrN4O/c1-18-11-8(3-2-4-9(11)14)10(15)12(13)17-16-7-5-6-7/h2-4,7,15-16H,5-6,14H2,1H3/b15-10?,17-12+. The third-order valence-electron chi connectivity index (χ3n) is 2.65. The lowest BCUT2D eigenvalue weighted by molar-refractivity contribution is 0.416. The van der Waals surface area contributed by atoms with Crippen molar-refractivity contribution in [2.24, 2.45) is 5.10 Å². The summed E-state index contributed by atoms with van der Waals surface area (Å²) in [6, 6.07) is 5.76. The molecule has 0 saturated heterocycles. The molecule has 18 heavy (non-hydrogen) atoms. The summed E-state index contributed by atoms with van der Waals surface area (Å²) < 4.78 is 5.67. The van der Waals surface area contributed by atoms with Gasteiger partial charge in [-0.2, -0.15) is 5.10 Å². The summed E-state index contributed by atoms with van der Waals surface area (Å²) in [4.78, 5) is 0. The average molecular weight is 311 g/mol. The third-order valence-corrected chi connectivity index (χ3v) is 3.22. The summed E-state index contributed by atoms with van der Waals surface area (Å²) >= 11 is 3.29. The number of nitrogens with one attached hydrogen (secondary N) is 2. The summed E-state index contributed by atoms with van der Waals surface area (Å²) in [5, 5.41) is 12.2. The first kappa shape index (κ1) is 12.9. The van der Waals surface area contributed by atoms with Gasteiger partial charge in [0.2, 0.25) is 0 Å². The van der Waals surface area contributed by atoms with Crippen LogP contribution < -0.4 is 15.9 Å². The van der Waals surface area contributed by atoms with Crippen LogP contribution in [0.1, 0.15) is 18.4 Å². The molecule has 1 saturated carbocycles. The van der Waals surface area contributed by atoms with E-state index in [1.165, 1.54) is 7.11 Å². The Hall–Kier alpha value is -1.56. The average Bonchev–Trinajstić information content (AvgIpc) is 3.18. The van der Waals surface area contributed by atoms with Crippen LogP contribution in [0.2, 0.25) is 0 Å². The minimum absolute atomic E-state index is 0.243. The normalized spacial score (nSPS) is 15.3. The SMILES string of the molecule is COc1c(N)cccc1C(=N)/C(Br)=N\NC1CC1. The van der Waals surface area contributed by atoms with Crippen LogP contribution >= 0.6 is 15.9 Å². The van der Waals surface area contributed by atoms with Crippen LogP contribution in [0.3, 0.4) is 0 Å². The highest BCUT2D eigenvalue weighted by molar-refractivity contribution is 9.19. The number of ether oxygens (including phenoxy) is 1. The first-order valence-electron chi connectivity index (χ1n) is 5.64. The highest BCUT2D eigenvalue weighted by Crippen LogP contribution is 2.27. The van der Waals surface area contributed by atoms with Crippen LogP contribution in [0.4, 0.5) is 5.69 Å². The maximum Gasteiger partial charge on any atom is 0.151 e. The summed E-state index contributed by atoms with van der Waals surface area (Å²) in [5.41, 5.74) is 10.2. The fourth-order valence-electron chi connectivity index (χ4n) is 1.51. The fraction of sp³-hybridized carbons (Fsp3) is 0.333. The summed E-state index contributed by atoms with van der Waals surface area (Å²) in [6.07, 6.45) is 2.28. The summed E-state index contributed by atoms with van der Waals surface area (Å²) in [5.74, 6) is 0.501. The number of para-hydroxylation sites is 1. The van der Waals surface area contributed by atoms with Crippen LogP contribution in [-0.4, -0.2) is 23.5 Å². The van der Waals surface area contributed by atoms with E-state index in [-0.39, 0.29) is 5.71 Å². The molecule has 1 aromatic rings. The molecule has 0 bridgehead atoms. The van der Waals surface area contributed by atoms with Crippen molar-refractivity contribution >= 4 is 31.9 Å². The molecule has 0 aromatic heterocycles. The van der Waals surface area contributed by atoms with Crippen molar-refractivity contribution in [2.45, 2.75) is 18.9 Å². The van der Waals surface area contributed by atoms with Gasteiger partial charge in [-0.05, 0) is 40.9 Å². The topological polar surface area (TPSA) is 83.5 Å². The van der Waals surface area contributed by atoms with Gasteiger partial charge in [0.1, 0.15) is 0 Å². The molecule has 96 valence electrons. The van der Waals surface area contributed by atoms with Crippen LogP contribution in [0.15, 0.2) is 23.3 Å². The Morgan fingerprint density at radius 1 is 1.56 bits per heavy atom. The van der Waals surface area contributed by atoms with Gasteiger partial charge in [0.15, 0.2) is 10.4 Å². The van der Waals surface area contributed by atoms with Crippen LogP contribution in [0.25, 0.3) is 0 Å². The number of nitrogens with two attached hydrogens (primary N) is 1. The Morgan fingerprint density at radius 3 is 2.89 bits per heavy atom. The van der Waals surface area contributed by atoms with Gasteiger partial charge in [0, 0.05) is 11.6 Å². The number of nitrogen functional groups attached to an aromatic ring is 1. The Bertz CT molecular complexity index is 497. The second-order valence-electron chi connectivity index (χ2n) is 4.11. The third kappa shape index (κ3) is 2.81. The lowest BCUT2D eigenvalue weighted by Gasteiger charge is -2.11. The molecule has 1 aliphatic carbocycles. The number of benzene rings is 1. The van der Waals surface area contributed by atoms with E-state index in [1.54, 1.807) is 18.2 Å². The number of halogens is 1. The van der Waals surface area contributed by atoms with Gasteiger partial charge >= 0.3 is 0 Å². The van der Waals surface area contributed by atoms with E-state index >= 15 is 0 Å². The van der Waals surface area contributed by atoms with Crippen LogP contribution in [-0.2, 0) is 0 Å². The van der Waals surface area contributed by atoms with Gasteiger partial charge in [-0.3, -0.25) is 5.41 Å². The second-order valence-corrected chi connectivity index (χ2v) is 4.86. The van der Waals surface area contributed by atoms with Crippen molar-refractivity contribution in [3.63, 3.8) is 0 Å². The lowest BCUT2D eigenvalue weighted by Crippen LogP contribution is -2.16. The number of rotatable bonds is 5. The molecule has 0 radical (unpaired) electrons. The van der Waals surface area contributed by atoms with E-state index in [0.29, 0.717) is 27.7 Å². The van der Waals surface area contributed by atoms with E-state index in [0.717, 1.165) is 12.8 Å². The van der Waals surface area contributed by atoms with Crippen molar-refractivity contribution in [1.82, 2.24) is 5.43 Å². The van der Waals surface area contributed by atoms with Crippen LogP contribution in [0.5, 0.6) is 5.75 Å².